The van der Waals surface area contributed by atoms with Gasteiger partial charge in [-0.1, -0.05) is 70.7 Å². The lowest BCUT2D eigenvalue weighted by Crippen LogP contribution is -2.24. The van der Waals surface area contributed by atoms with Crippen LogP contribution in [0.1, 0.15) is 18.1 Å². The Morgan fingerprint density at radius 3 is 2.19 bits per heavy atom. The number of aliphatic imine (C=N–C) groups is 1. The summed E-state index contributed by atoms with van der Waals surface area (Å²) in [7, 11) is 0. The highest BCUT2D eigenvalue weighted by Crippen LogP contribution is 2.34. The van der Waals surface area contributed by atoms with Crippen LogP contribution in [-0.2, 0) is 16.0 Å². The molecule has 1 unspecified atom stereocenters. The Balaban J connectivity index is 1.67. The fraction of sp³-hybridized carbons (Fsp3) is 0.148. The Bertz CT molecular complexity index is 1430. The van der Waals surface area contributed by atoms with Crippen LogP contribution in [0.15, 0.2) is 71.7 Å². The molecule has 0 aliphatic rings. The van der Waals surface area contributed by atoms with Crippen molar-refractivity contribution in [3.63, 3.8) is 0 Å². The van der Waals surface area contributed by atoms with Crippen LogP contribution in [0.25, 0.3) is 22.2 Å². The number of aliphatic carboxylic acids is 1. The minimum atomic E-state index is -1.12. The number of pyridine rings is 1. The summed E-state index contributed by atoms with van der Waals surface area (Å²) in [5, 5.41) is 12.4. The molecule has 0 saturated heterocycles. The second-order valence-electron chi connectivity index (χ2n) is 7.84. The lowest BCUT2D eigenvalue weighted by atomic mass is 10.0. The summed E-state index contributed by atoms with van der Waals surface area (Å²) in [5.41, 5.74) is 3.17. The van der Waals surface area contributed by atoms with Crippen LogP contribution in [0.4, 0.5) is 0 Å². The van der Waals surface area contributed by atoms with Gasteiger partial charge in [0.25, 0.3) is 0 Å². The van der Waals surface area contributed by atoms with Gasteiger partial charge >= 0.3 is 5.97 Å². The second kappa shape index (κ2) is 11.5. The molecule has 0 bridgehead atoms. The van der Waals surface area contributed by atoms with Crippen LogP contribution in [0.2, 0.25) is 20.1 Å². The van der Waals surface area contributed by atoms with Gasteiger partial charge in [-0.3, -0.25) is 0 Å². The van der Waals surface area contributed by atoms with Crippen molar-refractivity contribution in [3.8, 4) is 11.3 Å². The van der Waals surface area contributed by atoms with Crippen molar-refractivity contribution in [3.05, 3.63) is 97.9 Å². The zero-order valence-electron chi connectivity index (χ0n) is 19.0. The van der Waals surface area contributed by atoms with Crippen molar-refractivity contribution in [1.29, 1.82) is 0 Å². The Kier molecular flexibility index (Phi) is 8.37. The van der Waals surface area contributed by atoms with Crippen molar-refractivity contribution in [1.82, 2.24) is 4.98 Å². The van der Waals surface area contributed by atoms with Crippen molar-refractivity contribution in [2.45, 2.75) is 19.4 Å². The molecule has 0 saturated carbocycles. The summed E-state index contributed by atoms with van der Waals surface area (Å²) in [6, 6.07) is 18.4. The number of carboxylic acids is 1. The third-order valence-electron chi connectivity index (χ3n) is 5.42. The maximum Gasteiger partial charge on any atom is 0.328 e. The smallest absolute Gasteiger partial charge is 0.328 e. The predicted molar refractivity (Wildman–Crippen MR) is 147 cm³/mol. The first-order chi connectivity index (χ1) is 17.3. The Hall–Kier alpha value is -2.83. The molecular formula is C27H20Cl4N2O3. The van der Waals surface area contributed by atoms with Crippen molar-refractivity contribution < 1.29 is 14.6 Å². The first-order valence-electron chi connectivity index (χ1n) is 11.0. The molecule has 4 rings (SSSR count). The van der Waals surface area contributed by atoms with E-state index in [1.165, 1.54) is 0 Å². The van der Waals surface area contributed by atoms with E-state index in [1.54, 1.807) is 43.3 Å². The van der Waals surface area contributed by atoms with E-state index < -0.39 is 12.0 Å². The summed E-state index contributed by atoms with van der Waals surface area (Å²) in [6.07, 6.45) is 0.127. The third kappa shape index (κ3) is 5.76. The summed E-state index contributed by atoms with van der Waals surface area (Å²) < 4.78 is 5.64. The van der Waals surface area contributed by atoms with E-state index in [-0.39, 0.29) is 18.9 Å². The molecule has 5 nitrogen and oxygen atoms in total. The van der Waals surface area contributed by atoms with Gasteiger partial charge in [-0.15, -0.1) is 0 Å². The summed E-state index contributed by atoms with van der Waals surface area (Å²) in [6.45, 7) is 2.04. The van der Waals surface area contributed by atoms with Crippen LogP contribution < -0.4 is 0 Å². The monoisotopic (exact) mass is 560 g/mol. The van der Waals surface area contributed by atoms with Crippen LogP contribution in [0.5, 0.6) is 0 Å². The Morgan fingerprint density at radius 1 is 0.944 bits per heavy atom. The number of carboxylic acid groups (broad SMARTS) is 1. The van der Waals surface area contributed by atoms with E-state index in [1.807, 2.05) is 30.3 Å². The minimum Gasteiger partial charge on any atom is -0.480 e. The number of carbonyl (C=O) groups is 1. The highest BCUT2D eigenvalue weighted by Gasteiger charge is 2.22. The van der Waals surface area contributed by atoms with E-state index in [0.717, 1.165) is 16.5 Å². The fourth-order valence-corrected chi connectivity index (χ4v) is 4.90. The first kappa shape index (κ1) is 26.2. The summed E-state index contributed by atoms with van der Waals surface area (Å²) in [4.78, 5) is 21.2. The van der Waals surface area contributed by atoms with Gasteiger partial charge < -0.3 is 9.84 Å². The van der Waals surface area contributed by atoms with E-state index in [2.05, 4.69) is 4.99 Å². The number of hydrogen-bond acceptors (Lipinski definition) is 4. The second-order valence-corrected chi connectivity index (χ2v) is 9.47. The number of nitrogens with zero attached hydrogens (tertiary/aromatic N) is 2. The van der Waals surface area contributed by atoms with E-state index in [0.29, 0.717) is 36.9 Å². The standard InChI is InChI=1S/C27H20Cl4N2O3/c1-2-36-26(25-19(30)7-4-8-20(25)31)33-23(27(34)35)14-15-9-11-21-16(13-15)10-12-22(32-21)24-17(28)5-3-6-18(24)29/h3-13,23H,2,14H2,1H3,(H,34,35)/b33-26-. The van der Waals surface area contributed by atoms with Crippen LogP contribution in [-0.4, -0.2) is 34.6 Å². The molecule has 0 spiro atoms. The number of aromatic nitrogens is 1. The van der Waals surface area contributed by atoms with Crippen molar-refractivity contribution in [2.24, 2.45) is 4.99 Å². The average molecular weight is 562 g/mol. The van der Waals surface area contributed by atoms with E-state index in [4.69, 9.17) is 56.1 Å². The molecule has 36 heavy (non-hydrogen) atoms. The molecule has 1 heterocycles. The Labute approximate surface area is 228 Å². The van der Waals surface area contributed by atoms with Gasteiger partial charge in [-0.25, -0.2) is 14.8 Å². The van der Waals surface area contributed by atoms with Gasteiger partial charge in [0, 0.05) is 17.4 Å². The maximum absolute atomic E-state index is 12.1. The number of halogens is 4. The number of ether oxygens (including phenoxy) is 1. The lowest BCUT2D eigenvalue weighted by molar-refractivity contribution is -0.138. The first-order valence-corrected chi connectivity index (χ1v) is 12.5. The van der Waals surface area contributed by atoms with Gasteiger partial charge in [0.15, 0.2) is 6.04 Å². The molecule has 184 valence electrons. The third-order valence-corrected chi connectivity index (χ3v) is 6.68. The maximum atomic E-state index is 12.1. The number of benzene rings is 3. The van der Waals surface area contributed by atoms with Crippen molar-refractivity contribution >= 4 is 69.2 Å². The van der Waals surface area contributed by atoms with Crippen LogP contribution >= 0.6 is 46.4 Å². The number of rotatable bonds is 7. The molecule has 0 aliphatic carbocycles. The summed E-state index contributed by atoms with van der Waals surface area (Å²) >= 11 is 25.3. The molecule has 0 aliphatic heterocycles. The molecule has 0 radical (unpaired) electrons. The lowest BCUT2D eigenvalue weighted by Gasteiger charge is -2.15. The molecule has 0 amide bonds. The quantitative estimate of drug-likeness (QED) is 0.183. The largest absolute Gasteiger partial charge is 0.480 e. The molecule has 9 heteroatoms. The molecule has 0 fully saturated rings. The van der Waals surface area contributed by atoms with E-state index in [9.17, 15) is 9.90 Å². The fourth-order valence-electron chi connectivity index (χ4n) is 3.75. The van der Waals surface area contributed by atoms with Gasteiger partial charge in [0.2, 0.25) is 5.90 Å². The molecule has 4 aromatic rings. The number of fused-ring (bicyclic) bond motifs is 1. The zero-order valence-corrected chi connectivity index (χ0v) is 22.0. The molecule has 1 atom stereocenters. The molecular weight excluding hydrogens is 542 g/mol. The molecule has 3 aromatic carbocycles. The topological polar surface area (TPSA) is 71.8 Å². The average Bonchev–Trinajstić information content (AvgIpc) is 2.83. The zero-order chi connectivity index (χ0) is 25.8. The highest BCUT2D eigenvalue weighted by molar-refractivity contribution is 6.40. The van der Waals surface area contributed by atoms with Crippen LogP contribution in [0, 0.1) is 0 Å². The predicted octanol–water partition coefficient (Wildman–Crippen LogP) is 7.99. The normalized spacial score (nSPS) is 12.5. The summed E-state index contributed by atoms with van der Waals surface area (Å²) in [5.74, 6) is -1.01. The molecule has 1 aromatic heterocycles. The van der Waals surface area contributed by atoms with Gasteiger partial charge in [0.05, 0.1) is 43.5 Å². The molecule has 1 N–H and O–H groups in total. The Morgan fingerprint density at radius 2 is 1.58 bits per heavy atom. The van der Waals surface area contributed by atoms with Gasteiger partial charge in [-0.2, -0.15) is 0 Å². The van der Waals surface area contributed by atoms with Crippen molar-refractivity contribution in [2.75, 3.05) is 6.61 Å². The highest BCUT2D eigenvalue weighted by atomic mass is 35.5. The SMILES string of the molecule is CCO/C(=N\C(Cc1ccc2nc(-c3c(Cl)cccc3Cl)ccc2c1)C(=O)O)c1c(Cl)cccc1Cl. The minimum absolute atomic E-state index is 0.0872. The number of hydrogen-bond donors (Lipinski definition) is 1. The van der Waals surface area contributed by atoms with Gasteiger partial charge in [0.1, 0.15) is 0 Å². The van der Waals surface area contributed by atoms with Gasteiger partial charge in [-0.05, 0) is 55.0 Å². The van der Waals surface area contributed by atoms with E-state index >= 15 is 0 Å². The van der Waals surface area contributed by atoms with Crippen LogP contribution in [0.3, 0.4) is 0 Å².